The third-order valence-electron chi connectivity index (χ3n) is 4.81. The molecule has 2 heterocycles. The molecule has 1 unspecified atom stereocenters. The van der Waals surface area contributed by atoms with Gasteiger partial charge in [0.25, 0.3) is 0 Å². The summed E-state index contributed by atoms with van der Waals surface area (Å²) >= 11 is 0. The topological polar surface area (TPSA) is 99.6 Å². The third kappa shape index (κ3) is 3.85. The standard InChI is InChI=1S/C15H26FN3O4Si/c1-15(2,3)24(4,5)22-8-9-6-11(20)13(23-9)19-7-10(16)12(17)18-14(19)21/h7,9,11,13,20H,6,8H2,1-5H3,(H2,17,18,21)/t9-,11?,13+/m0/s1. The number of anilines is 1. The smallest absolute Gasteiger partial charge is 0.351 e. The molecule has 24 heavy (non-hydrogen) atoms. The maximum Gasteiger partial charge on any atom is 0.351 e. The highest BCUT2D eigenvalue weighted by atomic mass is 28.4. The first-order valence-corrected chi connectivity index (χ1v) is 10.8. The molecule has 9 heteroatoms. The Balaban J connectivity index is 2.08. The molecule has 3 atom stereocenters. The quantitative estimate of drug-likeness (QED) is 0.793. The molecule has 0 aromatic carbocycles. The minimum atomic E-state index is -1.94. The molecule has 1 aromatic rings. The van der Waals surface area contributed by atoms with Gasteiger partial charge in [0.05, 0.1) is 18.9 Å². The van der Waals surface area contributed by atoms with Crippen molar-refractivity contribution in [3.8, 4) is 0 Å². The molecule has 7 nitrogen and oxygen atoms in total. The van der Waals surface area contributed by atoms with Crippen LogP contribution in [0.2, 0.25) is 18.1 Å². The second-order valence-corrected chi connectivity index (χ2v) is 12.5. The lowest BCUT2D eigenvalue weighted by atomic mass is 10.2. The maximum atomic E-state index is 13.6. The Hall–Kier alpha value is -1.29. The number of aliphatic hydroxyl groups excluding tert-OH is 1. The van der Waals surface area contributed by atoms with E-state index in [1.807, 2.05) is 0 Å². The van der Waals surface area contributed by atoms with Crippen LogP contribution in [0.4, 0.5) is 10.2 Å². The van der Waals surface area contributed by atoms with Gasteiger partial charge in [-0.3, -0.25) is 4.57 Å². The summed E-state index contributed by atoms with van der Waals surface area (Å²) in [4.78, 5) is 15.3. The number of aliphatic hydroxyl groups is 1. The van der Waals surface area contributed by atoms with E-state index in [-0.39, 0.29) is 11.1 Å². The zero-order chi connectivity index (χ0) is 18.3. The molecule has 1 aliphatic heterocycles. The Morgan fingerprint density at radius 2 is 2.17 bits per heavy atom. The van der Waals surface area contributed by atoms with Crippen molar-refractivity contribution < 1.29 is 18.7 Å². The van der Waals surface area contributed by atoms with E-state index in [1.165, 1.54) is 0 Å². The molecule has 0 aliphatic carbocycles. The van der Waals surface area contributed by atoms with E-state index in [9.17, 15) is 14.3 Å². The molecule has 1 saturated heterocycles. The molecule has 0 spiro atoms. The number of ether oxygens (including phenoxy) is 1. The van der Waals surface area contributed by atoms with Crippen molar-refractivity contribution in [2.24, 2.45) is 0 Å². The monoisotopic (exact) mass is 359 g/mol. The SMILES string of the molecule is CC(C)(C)[Si](C)(C)OC[C@@H]1CC(O)[C@H](n2cc(F)c(N)nc2=O)O1. The molecule has 0 bridgehead atoms. The van der Waals surface area contributed by atoms with Crippen molar-refractivity contribution in [1.82, 2.24) is 9.55 Å². The van der Waals surface area contributed by atoms with E-state index >= 15 is 0 Å². The van der Waals surface area contributed by atoms with E-state index in [2.05, 4.69) is 38.8 Å². The van der Waals surface area contributed by atoms with E-state index in [0.717, 1.165) is 10.8 Å². The molecule has 0 saturated carbocycles. The van der Waals surface area contributed by atoms with E-state index in [4.69, 9.17) is 14.9 Å². The van der Waals surface area contributed by atoms with Crippen molar-refractivity contribution in [1.29, 1.82) is 0 Å². The van der Waals surface area contributed by atoms with Crippen LogP contribution in [0.15, 0.2) is 11.0 Å². The van der Waals surface area contributed by atoms with Gasteiger partial charge in [-0.05, 0) is 18.1 Å². The van der Waals surface area contributed by atoms with Crippen LogP contribution in [-0.4, -0.2) is 41.8 Å². The predicted octanol–water partition coefficient (Wildman–Crippen LogP) is 1.63. The Morgan fingerprint density at radius 1 is 1.54 bits per heavy atom. The highest BCUT2D eigenvalue weighted by Gasteiger charge is 2.41. The summed E-state index contributed by atoms with van der Waals surface area (Å²) in [6.45, 7) is 11.0. The van der Waals surface area contributed by atoms with Crippen molar-refractivity contribution >= 4 is 14.1 Å². The second kappa shape index (κ2) is 6.55. The number of nitrogens with zero attached hydrogens (tertiary/aromatic N) is 2. The highest BCUT2D eigenvalue weighted by Crippen LogP contribution is 2.37. The van der Waals surface area contributed by atoms with Crippen LogP contribution in [0.5, 0.6) is 0 Å². The Kier molecular flexibility index (Phi) is 5.19. The van der Waals surface area contributed by atoms with Gasteiger partial charge in [-0.2, -0.15) is 4.98 Å². The fourth-order valence-corrected chi connectivity index (χ4v) is 3.28. The normalized spacial score (nSPS) is 25.2. The fraction of sp³-hybridized carbons (Fsp3) is 0.733. The number of hydrogen-bond donors (Lipinski definition) is 2. The minimum Gasteiger partial charge on any atom is -0.414 e. The number of nitrogens with two attached hydrogens (primary N) is 1. The van der Waals surface area contributed by atoms with Crippen molar-refractivity contribution in [2.75, 3.05) is 12.3 Å². The van der Waals surface area contributed by atoms with Crippen LogP contribution in [0, 0.1) is 5.82 Å². The molecule has 1 aromatic heterocycles. The molecule has 1 aliphatic rings. The molecule has 3 N–H and O–H groups in total. The summed E-state index contributed by atoms with van der Waals surface area (Å²) in [6.07, 6.45) is -1.09. The van der Waals surface area contributed by atoms with Crippen LogP contribution < -0.4 is 11.4 Å². The molecular weight excluding hydrogens is 333 g/mol. The van der Waals surface area contributed by atoms with Crippen LogP contribution in [0.1, 0.15) is 33.4 Å². The second-order valence-electron chi connectivity index (χ2n) is 7.69. The maximum absolute atomic E-state index is 13.6. The Bertz CT molecular complexity index is 659. The van der Waals surface area contributed by atoms with Gasteiger partial charge in [0.2, 0.25) is 0 Å². The van der Waals surface area contributed by atoms with E-state index in [1.54, 1.807) is 0 Å². The number of hydrogen-bond acceptors (Lipinski definition) is 6. The van der Waals surface area contributed by atoms with Crippen molar-refractivity contribution in [3.63, 3.8) is 0 Å². The van der Waals surface area contributed by atoms with Gasteiger partial charge in [0.15, 0.2) is 26.2 Å². The fourth-order valence-electron chi connectivity index (χ4n) is 2.25. The number of aromatic nitrogens is 2. The van der Waals surface area contributed by atoms with E-state index in [0.29, 0.717) is 13.0 Å². The zero-order valence-corrected chi connectivity index (χ0v) is 15.7. The lowest BCUT2D eigenvalue weighted by Gasteiger charge is -2.36. The summed E-state index contributed by atoms with van der Waals surface area (Å²) in [5, 5.41) is 10.2. The lowest BCUT2D eigenvalue weighted by Crippen LogP contribution is -2.42. The molecular formula is C15H26FN3O4Si. The number of nitrogen functional groups attached to an aromatic ring is 1. The van der Waals surface area contributed by atoms with Crippen molar-refractivity contribution in [3.05, 3.63) is 22.5 Å². The molecule has 0 radical (unpaired) electrons. The average molecular weight is 359 g/mol. The summed E-state index contributed by atoms with van der Waals surface area (Å²) in [7, 11) is -1.94. The van der Waals surface area contributed by atoms with Gasteiger partial charge in [0.1, 0.15) is 6.10 Å². The summed E-state index contributed by atoms with van der Waals surface area (Å²) in [5.74, 6) is -1.30. The first-order chi connectivity index (χ1) is 10.9. The predicted molar refractivity (Wildman–Crippen MR) is 90.6 cm³/mol. The van der Waals surface area contributed by atoms with Gasteiger partial charge in [-0.15, -0.1) is 0 Å². The minimum absolute atomic E-state index is 0.0601. The van der Waals surface area contributed by atoms with E-state index < -0.39 is 38.0 Å². The molecule has 2 rings (SSSR count). The summed E-state index contributed by atoms with van der Waals surface area (Å²) in [6, 6.07) is 0. The van der Waals surface area contributed by atoms with Crippen molar-refractivity contribution in [2.45, 2.75) is 63.8 Å². The molecule has 136 valence electrons. The summed E-state index contributed by atoms with van der Waals surface area (Å²) in [5.41, 5.74) is 4.51. The van der Waals surface area contributed by atoms with Gasteiger partial charge < -0.3 is 20.0 Å². The molecule has 0 amide bonds. The third-order valence-corrected chi connectivity index (χ3v) is 9.31. The Morgan fingerprint density at radius 3 is 2.75 bits per heavy atom. The first-order valence-electron chi connectivity index (χ1n) is 7.94. The van der Waals surface area contributed by atoms with Crippen LogP contribution in [0.3, 0.4) is 0 Å². The van der Waals surface area contributed by atoms with Gasteiger partial charge >= 0.3 is 5.69 Å². The average Bonchev–Trinajstić information content (AvgIpc) is 2.80. The van der Waals surface area contributed by atoms with Gasteiger partial charge in [-0.25, -0.2) is 9.18 Å². The van der Waals surface area contributed by atoms with Gasteiger partial charge in [-0.1, -0.05) is 20.8 Å². The lowest BCUT2D eigenvalue weighted by molar-refractivity contribution is -0.0518. The largest absolute Gasteiger partial charge is 0.414 e. The molecule has 1 fully saturated rings. The van der Waals surface area contributed by atoms with Gasteiger partial charge in [0, 0.05) is 6.42 Å². The van der Waals surface area contributed by atoms with Crippen LogP contribution >= 0.6 is 0 Å². The van der Waals surface area contributed by atoms with Crippen LogP contribution in [0.25, 0.3) is 0 Å². The summed E-state index contributed by atoms with van der Waals surface area (Å²) < 4.78 is 26.3. The number of rotatable bonds is 4. The zero-order valence-electron chi connectivity index (χ0n) is 14.7. The first kappa shape index (κ1) is 19.0. The Labute approximate surface area is 141 Å². The highest BCUT2D eigenvalue weighted by molar-refractivity contribution is 6.74. The van der Waals surface area contributed by atoms with Crippen LogP contribution in [-0.2, 0) is 9.16 Å². The number of halogens is 1.